The minimum Gasteiger partial charge on any atom is -0.478 e. The summed E-state index contributed by atoms with van der Waals surface area (Å²) in [6.07, 6.45) is 4.31. The number of pyridine rings is 2. The number of imidazole rings is 2. The van der Waals surface area contributed by atoms with Gasteiger partial charge in [-0.05, 0) is 60.5 Å². The predicted molar refractivity (Wildman–Crippen MR) is 158 cm³/mol. The number of halogens is 3. The minimum atomic E-state index is -1.06. The molecule has 0 radical (unpaired) electrons. The lowest BCUT2D eigenvalue weighted by Gasteiger charge is -2.27. The molecule has 2 aromatic carbocycles. The maximum Gasteiger partial charge on any atom is 0.335 e. The summed E-state index contributed by atoms with van der Waals surface area (Å²) in [5, 5.41) is 10.0. The molecule has 9 nitrogen and oxygen atoms in total. The Kier molecular flexibility index (Phi) is 7.19. The Labute approximate surface area is 254 Å². The molecule has 1 aliphatic rings. The quantitative estimate of drug-likeness (QED) is 0.203. The molecule has 1 N–H and O–H groups in total. The van der Waals surface area contributed by atoms with Crippen molar-refractivity contribution in [1.29, 1.82) is 0 Å². The first-order chi connectivity index (χ1) is 21.3. The fourth-order valence-electron chi connectivity index (χ4n) is 5.25. The van der Waals surface area contributed by atoms with Crippen LogP contribution in [-0.2, 0) is 24.3 Å². The highest BCUT2D eigenvalue weighted by atomic mass is 35.5. The molecule has 0 saturated carbocycles. The van der Waals surface area contributed by atoms with E-state index in [1.54, 1.807) is 53.2 Å². The highest BCUT2D eigenvalue weighted by Crippen LogP contribution is 2.29. The predicted octanol–water partition coefficient (Wildman–Crippen LogP) is 6.33. The van der Waals surface area contributed by atoms with Crippen LogP contribution in [0.2, 0.25) is 5.02 Å². The maximum absolute atomic E-state index is 15.5. The molecule has 0 aliphatic carbocycles. The van der Waals surface area contributed by atoms with Crippen molar-refractivity contribution in [1.82, 2.24) is 23.9 Å². The van der Waals surface area contributed by atoms with E-state index in [-0.39, 0.29) is 47.4 Å². The molecule has 5 heterocycles. The van der Waals surface area contributed by atoms with Gasteiger partial charge in [0.25, 0.3) is 0 Å². The summed E-state index contributed by atoms with van der Waals surface area (Å²) in [7, 11) is 0. The van der Waals surface area contributed by atoms with E-state index in [2.05, 4.69) is 15.0 Å². The van der Waals surface area contributed by atoms with E-state index >= 15 is 8.78 Å². The zero-order valence-corrected chi connectivity index (χ0v) is 23.8. The van der Waals surface area contributed by atoms with E-state index in [0.717, 1.165) is 18.6 Å². The number of hydrogen-bond donors (Lipinski definition) is 1. The van der Waals surface area contributed by atoms with Crippen molar-refractivity contribution in [2.45, 2.75) is 32.1 Å². The molecule has 222 valence electrons. The van der Waals surface area contributed by atoms with Crippen LogP contribution in [0.5, 0.6) is 5.88 Å². The van der Waals surface area contributed by atoms with Gasteiger partial charge in [-0.15, -0.1) is 0 Å². The van der Waals surface area contributed by atoms with Gasteiger partial charge in [0.2, 0.25) is 5.88 Å². The first kappa shape index (κ1) is 27.9. The van der Waals surface area contributed by atoms with Gasteiger partial charge in [0.15, 0.2) is 0 Å². The van der Waals surface area contributed by atoms with Gasteiger partial charge in [-0.2, -0.15) is 0 Å². The lowest BCUT2D eigenvalue weighted by Crippen LogP contribution is -2.31. The lowest BCUT2D eigenvalue weighted by atomic mass is 10.0. The van der Waals surface area contributed by atoms with Gasteiger partial charge in [0, 0.05) is 37.1 Å². The fraction of sp³-hybridized carbons (Fsp3) is 0.188. The van der Waals surface area contributed by atoms with Crippen LogP contribution in [0.4, 0.5) is 8.78 Å². The zero-order valence-electron chi connectivity index (χ0n) is 23.1. The van der Waals surface area contributed by atoms with E-state index < -0.39 is 17.6 Å². The van der Waals surface area contributed by atoms with Gasteiger partial charge in [-0.25, -0.2) is 28.5 Å². The SMILES string of the molecule is O=C(O)c1ccc2nc(Cc3cc(F)c(-c4cccc(OCc5cn6cc(Cl)ccc6n5)n4)cc3F)n(CC3CCO3)c2c1. The molecule has 1 atom stereocenters. The van der Waals surface area contributed by atoms with Crippen LogP contribution >= 0.6 is 11.6 Å². The molecule has 0 amide bonds. The Morgan fingerprint density at radius 3 is 2.70 bits per heavy atom. The van der Waals surface area contributed by atoms with Crippen LogP contribution in [-0.4, -0.2) is 47.7 Å². The third-order valence-electron chi connectivity index (χ3n) is 7.57. The Bertz CT molecular complexity index is 2060. The van der Waals surface area contributed by atoms with Gasteiger partial charge < -0.3 is 23.5 Å². The molecule has 0 bridgehead atoms. The number of carboxylic acids is 1. The van der Waals surface area contributed by atoms with Crippen LogP contribution in [0.15, 0.2) is 73.1 Å². The second-order valence-electron chi connectivity index (χ2n) is 10.5. The van der Waals surface area contributed by atoms with Crippen molar-refractivity contribution in [3.8, 4) is 17.1 Å². The number of fused-ring (bicyclic) bond motifs is 2. The molecule has 44 heavy (non-hydrogen) atoms. The molecular formula is C32H24ClF2N5O4. The van der Waals surface area contributed by atoms with Crippen LogP contribution in [0.25, 0.3) is 27.9 Å². The Balaban J connectivity index is 1.14. The van der Waals surface area contributed by atoms with E-state index in [1.807, 2.05) is 4.57 Å². The van der Waals surface area contributed by atoms with E-state index in [0.29, 0.717) is 46.4 Å². The Morgan fingerprint density at radius 1 is 1.05 bits per heavy atom. The summed E-state index contributed by atoms with van der Waals surface area (Å²) >= 11 is 6.04. The standard InChI is InChI=1S/C32H24ClF2N5O4/c33-20-5-7-29-36-21(15-39(29)14-20)17-44-31-3-1-2-26(38-31)23-13-24(34)19(10-25(23)35)12-30-37-27-6-4-18(32(41)42)11-28(27)40(30)16-22-8-9-43-22/h1-7,10-11,13-15,22H,8-9,12,16-17H2,(H,41,42). The number of nitrogens with zero attached hydrogens (tertiary/aromatic N) is 5. The van der Waals surface area contributed by atoms with E-state index in [4.69, 9.17) is 21.1 Å². The number of carbonyl (C=O) groups is 1. The number of carboxylic acid groups (broad SMARTS) is 1. The van der Waals surface area contributed by atoms with Crippen molar-refractivity contribution in [2.75, 3.05) is 6.61 Å². The van der Waals surface area contributed by atoms with E-state index in [9.17, 15) is 9.90 Å². The largest absolute Gasteiger partial charge is 0.478 e. The Morgan fingerprint density at radius 2 is 1.91 bits per heavy atom. The first-order valence-corrected chi connectivity index (χ1v) is 14.2. The van der Waals surface area contributed by atoms with Gasteiger partial charge in [0.05, 0.1) is 45.7 Å². The fourth-order valence-corrected chi connectivity index (χ4v) is 5.41. The number of hydrogen-bond acceptors (Lipinski definition) is 6. The van der Waals surface area contributed by atoms with Crippen molar-refractivity contribution in [3.63, 3.8) is 0 Å². The van der Waals surface area contributed by atoms with Crippen molar-refractivity contribution in [3.05, 3.63) is 112 Å². The number of ether oxygens (including phenoxy) is 2. The highest BCUT2D eigenvalue weighted by Gasteiger charge is 2.24. The minimum absolute atomic E-state index is 0.00631. The zero-order chi connectivity index (χ0) is 30.4. The summed E-state index contributed by atoms with van der Waals surface area (Å²) in [6.45, 7) is 1.19. The maximum atomic E-state index is 15.5. The summed E-state index contributed by atoms with van der Waals surface area (Å²) in [6, 6.07) is 15.3. The van der Waals surface area contributed by atoms with Gasteiger partial charge >= 0.3 is 5.97 Å². The third kappa shape index (κ3) is 5.47. The van der Waals surface area contributed by atoms with Crippen LogP contribution in [0.1, 0.15) is 33.9 Å². The van der Waals surface area contributed by atoms with Crippen LogP contribution in [0.3, 0.4) is 0 Å². The average molecular weight is 616 g/mol. The third-order valence-corrected chi connectivity index (χ3v) is 7.79. The van der Waals surface area contributed by atoms with Gasteiger partial charge in [-0.3, -0.25) is 0 Å². The number of aromatic carboxylic acids is 1. The summed E-state index contributed by atoms with van der Waals surface area (Å²) < 4.78 is 46.0. The molecule has 12 heteroatoms. The molecule has 1 fully saturated rings. The Hall–Kier alpha value is -4.87. The summed E-state index contributed by atoms with van der Waals surface area (Å²) in [5.41, 5.74) is 2.94. The average Bonchev–Trinajstić information content (AvgIpc) is 3.55. The van der Waals surface area contributed by atoms with Crippen molar-refractivity contribution in [2.24, 2.45) is 0 Å². The molecule has 1 unspecified atom stereocenters. The second-order valence-corrected chi connectivity index (χ2v) is 11.0. The van der Waals surface area contributed by atoms with Crippen molar-refractivity contribution >= 4 is 34.3 Å². The lowest BCUT2D eigenvalue weighted by molar-refractivity contribution is -0.0589. The van der Waals surface area contributed by atoms with Gasteiger partial charge in [0.1, 0.15) is 29.7 Å². The molecule has 1 aliphatic heterocycles. The van der Waals surface area contributed by atoms with Crippen LogP contribution in [0, 0.1) is 11.6 Å². The van der Waals surface area contributed by atoms with Crippen LogP contribution < -0.4 is 4.74 Å². The summed E-state index contributed by atoms with van der Waals surface area (Å²) in [5.74, 6) is -1.63. The topological polar surface area (TPSA) is 104 Å². The molecule has 1 saturated heterocycles. The summed E-state index contributed by atoms with van der Waals surface area (Å²) in [4.78, 5) is 25.1. The van der Waals surface area contributed by atoms with Gasteiger partial charge in [-0.1, -0.05) is 17.7 Å². The smallest absolute Gasteiger partial charge is 0.335 e. The molecule has 7 rings (SSSR count). The molecule has 0 spiro atoms. The number of aromatic nitrogens is 5. The highest BCUT2D eigenvalue weighted by molar-refractivity contribution is 6.30. The molecular weight excluding hydrogens is 592 g/mol. The van der Waals surface area contributed by atoms with Crippen molar-refractivity contribution < 1.29 is 28.2 Å². The first-order valence-electron chi connectivity index (χ1n) is 13.9. The number of benzene rings is 2. The molecule has 4 aromatic heterocycles. The monoisotopic (exact) mass is 615 g/mol. The second kappa shape index (κ2) is 11.3. The van der Waals surface area contributed by atoms with E-state index in [1.165, 1.54) is 12.1 Å². The molecule has 6 aromatic rings. The number of rotatable bonds is 9. The normalized spacial score (nSPS) is 14.7.